The largest absolute Gasteiger partial charge is 0.379 e. The van der Waals surface area contributed by atoms with E-state index in [9.17, 15) is 4.79 Å². The van der Waals surface area contributed by atoms with Gasteiger partial charge in [0.25, 0.3) is 0 Å². The summed E-state index contributed by atoms with van der Waals surface area (Å²) in [7, 11) is 1.76. The fourth-order valence-corrected chi connectivity index (χ4v) is 3.69. The van der Waals surface area contributed by atoms with Crippen molar-refractivity contribution in [3.05, 3.63) is 35.9 Å². The molecule has 1 heterocycles. The number of hydrogen-bond acceptors (Lipinski definition) is 3. The topological polar surface area (TPSA) is 41.6 Å². The summed E-state index contributed by atoms with van der Waals surface area (Å²) in [5, 5.41) is 3.50. The molecule has 1 aromatic rings. The van der Waals surface area contributed by atoms with Crippen LogP contribution in [0.1, 0.15) is 44.3 Å². The zero-order chi connectivity index (χ0) is 14.8. The molecule has 0 radical (unpaired) electrons. The van der Waals surface area contributed by atoms with Crippen LogP contribution in [0.15, 0.2) is 30.3 Å². The molecular formula is C17H24N2O2. The van der Waals surface area contributed by atoms with Crippen molar-refractivity contribution >= 4 is 5.91 Å². The third-order valence-electron chi connectivity index (χ3n) is 4.79. The summed E-state index contributed by atoms with van der Waals surface area (Å²) in [5.41, 5.74) is 1.16. The summed E-state index contributed by atoms with van der Waals surface area (Å²) < 4.78 is 5.62. The molecule has 21 heavy (non-hydrogen) atoms. The average molecular weight is 288 g/mol. The minimum absolute atomic E-state index is 0.0237. The van der Waals surface area contributed by atoms with E-state index in [4.69, 9.17) is 4.74 Å². The lowest BCUT2D eigenvalue weighted by Gasteiger charge is -2.33. The van der Waals surface area contributed by atoms with Crippen LogP contribution in [0.3, 0.4) is 0 Å². The number of benzene rings is 1. The maximum Gasteiger partial charge on any atom is 0.241 e. The predicted molar refractivity (Wildman–Crippen MR) is 81.7 cm³/mol. The molecule has 1 saturated carbocycles. The van der Waals surface area contributed by atoms with Crippen molar-refractivity contribution in [3.8, 4) is 0 Å². The van der Waals surface area contributed by atoms with E-state index in [1.165, 1.54) is 0 Å². The highest BCUT2D eigenvalue weighted by Crippen LogP contribution is 2.35. The van der Waals surface area contributed by atoms with Crippen LogP contribution in [-0.4, -0.2) is 36.1 Å². The van der Waals surface area contributed by atoms with Crippen molar-refractivity contribution < 1.29 is 9.53 Å². The molecular weight excluding hydrogens is 264 g/mol. The molecule has 114 valence electrons. The van der Waals surface area contributed by atoms with Crippen molar-refractivity contribution in [1.29, 1.82) is 0 Å². The summed E-state index contributed by atoms with van der Waals surface area (Å²) in [6, 6.07) is 10.4. The van der Waals surface area contributed by atoms with E-state index >= 15 is 0 Å². The Labute approximate surface area is 126 Å². The minimum atomic E-state index is -0.0756. The molecule has 0 spiro atoms. The minimum Gasteiger partial charge on any atom is -0.379 e. The fourth-order valence-electron chi connectivity index (χ4n) is 3.69. The molecule has 1 saturated heterocycles. The van der Waals surface area contributed by atoms with Gasteiger partial charge < -0.3 is 9.64 Å². The first-order chi connectivity index (χ1) is 10.3. The quantitative estimate of drug-likeness (QED) is 0.925. The molecule has 1 aromatic carbocycles. The molecule has 4 unspecified atom stereocenters. The van der Waals surface area contributed by atoms with E-state index in [2.05, 4.69) is 24.4 Å². The molecule has 4 heteroatoms. The number of amides is 1. The van der Waals surface area contributed by atoms with Crippen molar-refractivity contribution in [2.75, 3.05) is 7.11 Å². The lowest BCUT2D eigenvalue weighted by Crippen LogP contribution is -2.44. The van der Waals surface area contributed by atoms with Gasteiger partial charge in [-0.25, -0.2) is 0 Å². The van der Waals surface area contributed by atoms with E-state index in [1.807, 2.05) is 23.1 Å². The molecule has 4 nitrogen and oxygen atoms in total. The molecule has 1 amide bonds. The maximum atomic E-state index is 12.8. The summed E-state index contributed by atoms with van der Waals surface area (Å²) in [5.74, 6) is 0.223. The summed E-state index contributed by atoms with van der Waals surface area (Å²) in [4.78, 5) is 14.8. The second kappa shape index (κ2) is 6.16. The van der Waals surface area contributed by atoms with Gasteiger partial charge in [-0.15, -0.1) is 0 Å². The van der Waals surface area contributed by atoms with Crippen LogP contribution in [0.2, 0.25) is 0 Å². The van der Waals surface area contributed by atoms with Crippen LogP contribution in [0, 0.1) is 0 Å². The monoisotopic (exact) mass is 288 g/mol. The second-order valence-electron chi connectivity index (χ2n) is 5.96. The van der Waals surface area contributed by atoms with Crippen molar-refractivity contribution in [1.82, 2.24) is 10.2 Å². The molecule has 0 aromatic heterocycles. The number of rotatable bonds is 4. The van der Waals surface area contributed by atoms with E-state index in [0.29, 0.717) is 0 Å². The highest BCUT2D eigenvalue weighted by molar-refractivity contribution is 5.85. The Balaban J connectivity index is 1.91. The van der Waals surface area contributed by atoms with Crippen LogP contribution in [-0.2, 0) is 9.53 Å². The van der Waals surface area contributed by atoms with Crippen LogP contribution < -0.4 is 5.32 Å². The predicted octanol–water partition coefficient (Wildman–Crippen LogP) is 2.46. The molecule has 0 bridgehead atoms. The molecule has 2 fully saturated rings. The third-order valence-corrected chi connectivity index (χ3v) is 4.79. The first kappa shape index (κ1) is 14.5. The van der Waals surface area contributed by atoms with Gasteiger partial charge in [0.05, 0.1) is 18.2 Å². The van der Waals surface area contributed by atoms with E-state index in [-0.39, 0.29) is 30.3 Å². The van der Waals surface area contributed by atoms with Gasteiger partial charge in [0.15, 0.2) is 0 Å². The van der Waals surface area contributed by atoms with Crippen LogP contribution in [0.4, 0.5) is 0 Å². The van der Waals surface area contributed by atoms with Crippen molar-refractivity contribution in [3.63, 3.8) is 0 Å². The summed E-state index contributed by atoms with van der Waals surface area (Å²) in [6.45, 7) is 2.06. The SMILES string of the molecule is CCC1NC(c2ccccc2)N(C2CCCC2OC)C1=O. The first-order valence-electron chi connectivity index (χ1n) is 7.92. The Bertz CT molecular complexity index is 491. The van der Waals surface area contributed by atoms with Crippen LogP contribution >= 0.6 is 0 Å². The van der Waals surface area contributed by atoms with Gasteiger partial charge in [0.1, 0.15) is 6.17 Å². The molecule has 1 aliphatic carbocycles. The molecule has 1 N–H and O–H groups in total. The van der Waals surface area contributed by atoms with Gasteiger partial charge in [0, 0.05) is 7.11 Å². The Morgan fingerprint density at radius 3 is 2.71 bits per heavy atom. The number of ether oxygens (including phenoxy) is 1. The van der Waals surface area contributed by atoms with Crippen molar-refractivity contribution in [2.45, 2.75) is 57.0 Å². The lowest BCUT2D eigenvalue weighted by molar-refractivity contribution is -0.134. The van der Waals surface area contributed by atoms with Crippen LogP contribution in [0.25, 0.3) is 0 Å². The summed E-state index contributed by atoms with van der Waals surface area (Å²) >= 11 is 0. The average Bonchev–Trinajstić information content (AvgIpc) is 3.11. The molecule has 3 rings (SSSR count). The number of hydrogen-bond donors (Lipinski definition) is 1. The van der Waals surface area contributed by atoms with Gasteiger partial charge in [0.2, 0.25) is 5.91 Å². The number of nitrogens with zero attached hydrogens (tertiary/aromatic N) is 1. The Morgan fingerprint density at radius 1 is 1.29 bits per heavy atom. The normalized spacial score (nSPS) is 32.9. The number of methoxy groups -OCH3 is 1. The van der Waals surface area contributed by atoms with Crippen molar-refractivity contribution in [2.24, 2.45) is 0 Å². The lowest BCUT2D eigenvalue weighted by atomic mass is 10.1. The number of carbonyl (C=O) groups excluding carboxylic acids is 1. The molecule has 1 aliphatic heterocycles. The van der Waals surface area contributed by atoms with Gasteiger partial charge in [-0.05, 0) is 31.2 Å². The van der Waals surface area contributed by atoms with Gasteiger partial charge in [-0.3, -0.25) is 10.1 Å². The third kappa shape index (κ3) is 2.58. The Kier molecular flexibility index (Phi) is 4.27. The molecule has 2 aliphatic rings. The standard InChI is InChI=1S/C17H24N2O2/c1-3-13-17(20)19(14-10-7-11-15(14)21-2)16(18-13)12-8-5-4-6-9-12/h4-6,8-9,13-16,18H,3,7,10-11H2,1-2H3. The maximum absolute atomic E-state index is 12.8. The van der Waals surface area contributed by atoms with Gasteiger partial charge >= 0.3 is 0 Å². The van der Waals surface area contributed by atoms with Gasteiger partial charge in [-0.1, -0.05) is 37.3 Å². The molecule has 4 atom stereocenters. The number of carbonyl (C=O) groups is 1. The van der Waals surface area contributed by atoms with E-state index in [1.54, 1.807) is 7.11 Å². The van der Waals surface area contributed by atoms with Crippen LogP contribution in [0.5, 0.6) is 0 Å². The van der Waals surface area contributed by atoms with E-state index in [0.717, 1.165) is 31.2 Å². The Hall–Kier alpha value is -1.39. The Morgan fingerprint density at radius 2 is 2.05 bits per heavy atom. The highest BCUT2D eigenvalue weighted by atomic mass is 16.5. The zero-order valence-corrected chi connectivity index (χ0v) is 12.8. The van der Waals surface area contributed by atoms with Gasteiger partial charge in [-0.2, -0.15) is 0 Å². The smallest absolute Gasteiger partial charge is 0.241 e. The zero-order valence-electron chi connectivity index (χ0n) is 12.8. The summed E-state index contributed by atoms with van der Waals surface area (Å²) in [6.07, 6.45) is 4.17. The first-order valence-corrected chi connectivity index (χ1v) is 7.92. The number of nitrogens with one attached hydrogen (secondary N) is 1. The fraction of sp³-hybridized carbons (Fsp3) is 0.588. The van der Waals surface area contributed by atoms with E-state index < -0.39 is 0 Å². The second-order valence-corrected chi connectivity index (χ2v) is 5.96. The highest BCUT2D eigenvalue weighted by Gasteiger charge is 2.46.